The van der Waals surface area contributed by atoms with Crippen molar-refractivity contribution in [1.82, 2.24) is 20.0 Å². The summed E-state index contributed by atoms with van der Waals surface area (Å²) < 4.78 is 1.65. The molecule has 3 N–H and O–H groups in total. The molecule has 0 bridgehead atoms. The lowest BCUT2D eigenvalue weighted by atomic mass is 9.91. The van der Waals surface area contributed by atoms with Gasteiger partial charge in [0.05, 0.1) is 17.6 Å². The molecule has 0 radical (unpaired) electrons. The van der Waals surface area contributed by atoms with E-state index in [1.165, 1.54) is 0 Å². The number of amides is 2. The van der Waals surface area contributed by atoms with Crippen LogP contribution in [0, 0.1) is 5.92 Å². The number of carbonyl (C=O) groups is 2. The largest absolute Gasteiger partial charge is 0.396 e. The smallest absolute Gasteiger partial charge is 0.276 e. The van der Waals surface area contributed by atoms with Crippen LogP contribution in [0.4, 0.5) is 5.69 Å². The normalized spacial score (nSPS) is 25.4. The van der Waals surface area contributed by atoms with Gasteiger partial charge in [0.15, 0.2) is 5.69 Å². The molecule has 2 aliphatic rings. The van der Waals surface area contributed by atoms with Crippen LogP contribution >= 0.6 is 0 Å². The minimum Gasteiger partial charge on any atom is -0.396 e. The van der Waals surface area contributed by atoms with Crippen LogP contribution in [0.15, 0.2) is 6.20 Å². The molecule has 0 spiro atoms. The van der Waals surface area contributed by atoms with E-state index in [9.17, 15) is 9.59 Å². The number of likely N-dealkylation sites (tertiary alicyclic amines) is 1. The van der Waals surface area contributed by atoms with Gasteiger partial charge >= 0.3 is 0 Å². The maximum atomic E-state index is 12.6. The lowest BCUT2D eigenvalue weighted by Gasteiger charge is -2.35. The number of hydrogen-bond donors (Lipinski definition) is 2. The number of nitrogens with zero attached hydrogens (tertiary/aromatic N) is 3. The predicted octanol–water partition coefficient (Wildman–Crippen LogP) is -0.164. The number of nitrogens with one attached hydrogen (secondary N) is 1. The molecule has 7 nitrogen and oxygen atoms in total. The third-order valence-electron chi connectivity index (χ3n) is 4.18. The Labute approximate surface area is 117 Å². The van der Waals surface area contributed by atoms with Gasteiger partial charge in [-0.1, -0.05) is 0 Å². The van der Waals surface area contributed by atoms with Crippen molar-refractivity contribution in [3.05, 3.63) is 11.9 Å². The Kier molecular flexibility index (Phi) is 3.11. The maximum Gasteiger partial charge on any atom is 0.276 e. The van der Waals surface area contributed by atoms with Gasteiger partial charge in [-0.15, -0.1) is 0 Å². The zero-order valence-corrected chi connectivity index (χ0v) is 11.5. The highest BCUT2D eigenvalue weighted by Crippen LogP contribution is 2.29. The molecule has 2 aliphatic heterocycles. The van der Waals surface area contributed by atoms with Crippen LogP contribution in [0.2, 0.25) is 0 Å². The average Bonchev–Trinajstić information content (AvgIpc) is 3.02. The molecular formula is C13H19N5O2. The second kappa shape index (κ2) is 4.81. The molecule has 1 aromatic rings. The molecule has 2 saturated heterocycles. The first-order valence-corrected chi connectivity index (χ1v) is 7.03. The molecule has 3 heterocycles. The molecule has 2 unspecified atom stereocenters. The number of rotatable bonds is 2. The van der Waals surface area contributed by atoms with Gasteiger partial charge in [0.25, 0.3) is 5.91 Å². The molecule has 1 aromatic heterocycles. The predicted molar refractivity (Wildman–Crippen MR) is 72.9 cm³/mol. The van der Waals surface area contributed by atoms with Gasteiger partial charge in [-0.25, -0.2) is 0 Å². The zero-order valence-electron chi connectivity index (χ0n) is 11.5. The van der Waals surface area contributed by atoms with Crippen molar-refractivity contribution in [2.45, 2.75) is 32.4 Å². The molecule has 2 amide bonds. The van der Waals surface area contributed by atoms with Crippen molar-refractivity contribution in [3.63, 3.8) is 0 Å². The SMILES string of the molecule is CCn1cc(N)c(C(=O)N2CCCC3C(=O)NCC32)n1. The monoisotopic (exact) mass is 277 g/mol. The summed E-state index contributed by atoms with van der Waals surface area (Å²) in [5.74, 6) is -0.192. The standard InChI is InChI=1S/C13H19N5O2/c1-2-17-7-9(14)11(16-17)13(20)18-5-3-4-8-10(18)6-15-12(8)19/h7-8,10H,2-6,14H2,1H3,(H,15,19). The van der Waals surface area contributed by atoms with E-state index in [1.54, 1.807) is 15.8 Å². The van der Waals surface area contributed by atoms with Gasteiger partial charge in [0.2, 0.25) is 5.91 Å². The number of hydrogen-bond acceptors (Lipinski definition) is 4. The number of aromatic nitrogens is 2. The van der Waals surface area contributed by atoms with Crippen LogP contribution in [-0.4, -0.2) is 45.6 Å². The van der Waals surface area contributed by atoms with E-state index in [2.05, 4.69) is 10.4 Å². The van der Waals surface area contributed by atoms with Crippen molar-refractivity contribution in [3.8, 4) is 0 Å². The van der Waals surface area contributed by atoms with Crippen LogP contribution in [0.5, 0.6) is 0 Å². The van der Waals surface area contributed by atoms with Crippen LogP contribution in [0.3, 0.4) is 0 Å². The third kappa shape index (κ3) is 1.93. The highest BCUT2D eigenvalue weighted by atomic mass is 16.2. The van der Waals surface area contributed by atoms with Crippen molar-refractivity contribution >= 4 is 17.5 Å². The number of fused-ring (bicyclic) bond motifs is 1. The summed E-state index contributed by atoms with van der Waals surface area (Å²) in [4.78, 5) is 26.1. The minimum absolute atomic E-state index is 0.0551. The molecule has 0 saturated carbocycles. The van der Waals surface area contributed by atoms with E-state index < -0.39 is 0 Å². The van der Waals surface area contributed by atoms with Crippen LogP contribution < -0.4 is 11.1 Å². The molecule has 0 aromatic carbocycles. The molecule has 20 heavy (non-hydrogen) atoms. The first-order valence-electron chi connectivity index (χ1n) is 7.03. The van der Waals surface area contributed by atoms with E-state index in [1.807, 2.05) is 6.92 Å². The lowest BCUT2D eigenvalue weighted by molar-refractivity contribution is -0.123. The van der Waals surface area contributed by atoms with Crippen molar-refractivity contribution in [1.29, 1.82) is 0 Å². The Bertz CT molecular complexity index is 553. The van der Waals surface area contributed by atoms with Gasteiger partial charge in [-0.05, 0) is 19.8 Å². The number of aryl methyl sites for hydroxylation is 1. The Morgan fingerprint density at radius 3 is 3.10 bits per heavy atom. The fourth-order valence-corrected chi connectivity index (χ4v) is 3.10. The van der Waals surface area contributed by atoms with Crippen LogP contribution in [0.25, 0.3) is 0 Å². The van der Waals surface area contributed by atoms with Crippen molar-refractivity contribution < 1.29 is 9.59 Å². The van der Waals surface area contributed by atoms with E-state index in [-0.39, 0.29) is 23.8 Å². The Morgan fingerprint density at radius 1 is 1.60 bits per heavy atom. The summed E-state index contributed by atoms with van der Waals surface area (Å²) in [6, 6.07) is -0.0603. The first-order chi connectivity index (χ1) is 9.61. The second-order valence-electron chi connectivity index (χ2n) is 5.35. The van der Waals surface area contributed by atoms with Gasteiger partial charge in [-0.2, -0.15) is 5.10 Å². The van der Waals surface area contributed by atoms with Crippen molar-refractivity contribution in [2.75, 3.05) is 18.8 Å². The van der Waals surface area contributed by atoms with Gasteiger partial charge in [0.1, 0.15) is 0 Å². The number of nitrogen functional groups attached to an aromatic ring is 1. The molecule has 2 atom stereocenters. The fourth-order valence-electron chi connectivity index (χ4n) is 3.10. The quantitative estimate of drug-likeness (QED) is 0.785. The lowest BCUT2D eigenvalue weighted by Crippen LogP contribution is -2.49. The van der Waals surface area contributed by atoms with E-state index >= 15 is 0 Å². The van der Waals surface area contributed by atoms with Crippen molar-refractivity contribution in [2.24, 2.45) is 5.92 Å². The molecular weight excluding hydrogens is 258 g/mol. The number of carbonyl (C=O) groups excluding carboxylic acids is 2. The minimum atomic E-state index is -0.166. The average molecular weight is 277 g/mol. The van der Waals surface area contributed by atoms with E-state index in [4.69, 9.17) is 5.73 Å². The number of piperidine rings is 1. The molecule has 0 aliphatic carbocycles. The summed E-state index contributed by atoms with van der Waals surface area (Å²) >= 11 is 0. The number of anilines is 1. The zero-order chi connectivity index (χ0) is 14.3. The topological polar surface area (TPSA) is 93.2 Å². The molecule has 7 heteroatoms. The third-order valence-corrected chi connectivity index (χ3v) is 4.18. The van der Waals surface area contributed by atoms with Gasteiger partial charge in [0, 0.05) is 25.8 Å². The molecule has 2 fully saturated rings. The number of nitrogens with two attached hydrogens (primary N) is 1. The van der Waals surface area contributed by atoms with Gasteiger partial charge in [-0.3, -0.25) is 14.3 Å². The summed E-state index contributed by atoms with van der Waals surface area (Å²) in [6.07, 6.45) is 3.36. The summed E-state index contributed by atoms with van der Waals surface area (Å²) in [5, 5.41) is 7.07. The van der Waals surface area contributed by atoms with Crippen LogP contribution in [0.1, 0.15) is 30.3 Å². The maximum absolute atomic E-state index is 12.6. The molecule has 108 valence electrons. The summed E-state index contributed by atoms with van der Waals surface area (Å²) in [7, 11) is 0. The first kappa shape index (κ1) is 13.0. The highest BCUT2D eigenvalue weighted by Gasteiger charge is 2.43. The van der Waals surface area contributed by atoms with E-state index in [0.29, 0.717) is 31.0 Å². The van der Waals surface area contributed by atoms with E-state index in [0.717, 1.165) is 12.8 Å². The Morgan fingerprint density at radius 2 is 2.40 bits per heavy atom. The Balaban J connectivity index is 1.86. The second-order valence-corrected chi connectivity index (χ2v) is 5.35. The van der Waals surface area contributed by atoms with Gasteiger partial charge < -0.3 is 16.0 Å². The summed E-state index contributed by atoms with van der Waals surface area (Å²) in [5.41, 5.74) is 6.57. The molecule has 3 rings (SSSR count). The highest BCUT2D eigenvalue weighted by molar-refractivity contribution is 5.98. The summed E-state index contributed by atoms with van der Waals surface area (Å²) in [6.45, 7) is 3.80. The Hall–Kier alpha value is -2.05. The fraction of sp³-hybridized carbons (Fsp3) is 0.615. The van der Waals surface area contributed by atoms with Crippen LogP contribution in [-0.2, 0) is 11.3 Å².